The Bertz CT molecular complexity index is 554. The highest BCUT2D eigenvalue weighted by molar-refractivity contribution is 7.87. The van der Waals surface area contributed by atoms with Gasteiger partial charge >= 0.3 is 21.3 Å². The number of nitrogens with one attached hydrogen (secondary N) is 1. The lowest BCUT2D eigenvalue weighted by Gasteiger charge is -2.59. The van der Waals surface area contributed by atoms with Gasteiger partial charge in [0.15, 0.2) is 0 Å². The van der Waals surface area contributed by atoms with E-state index in [2.05, 4.69) is 5.32 Å². The Hall–Kier alpha value is -0.760. The minimum atomic E-state index is -5.75. The van der Waals surface area contributed by atoms with Crippen molar-refractivity contribution in [3.05, 3.63) is 0 Å². The summed E-state index contributed by atoms with van der Waals surface area (Å²) in [4.78, 5) is 11.6. The fourth-order valence-electron chi connectivity index (χ4n) is 5.26. The molecule has 5 nitrogen and oxygen atoms in total. The molecule has 0 radical (unpaired) electrons. The molecule has 0 aromatic carbocycles. The normalized spacial score (nSPS) is 38.8. The Kier molecular flexibility index (Phi) is 3.56. The maximum absolute atomic E-state index is 13.4. The molecule has 1 atom stereocenters. The molecule has 2 N–H and O–H groups in total. The monoisotopic (exact) mass is 337 g/mol. The third-order valence-electron chi connectivity index (χ3n) is 5.94. The molecule has 4 saturated carbocycles. The maximum atomic E-state index is 13.4. The number of rotatable bonds is 4. The molecule has 1 amide bonds. The first-order chi connectivity index (χ1) is 10.0. The first-order valence-corrected chi connectivity index (χ1v) is 9.13. The molecule has 4 fully saturated rings. The van der Waals surface area contributed by atoms with Crippen molar-refractivity contribution in [2.24, 2.45) is 23.2 Å². The Balaban J connectivity index is 1.75. The summed E-state index contributed by atoms with van der Waals surface area (Å²) in [5, 5.41) is -2.65. The van der Waals surface area contributed by atoms with Crippen LogP contribution < -0.4 is 5.32 Å². The van der Waals surface area contributed by atoms with Gasteiger partial charge in [-0.05, 0) is 68.6 Å². The van der Waals surface area contributed by atoms with E-state index >= 15 is 0 Å². The maximum Gasteiger partial charge on any atom is 0.446 e. The smallest absolute Gasteiger partial charge is 0.347 e. The molecule has 4 aliphatic rings. The highest BCUT2D eigenvalue weighted by Crippen LogP contribution is 2.61. The molecule has 1 unspecified atom stereocenters. The van der Waals surface area contributed by atoms with Gasteiger partial charge in [-0.2, -0.15) is 17.2 Å². The van der Waals surface area contributed by atoms with Gasteiger partial charge in [-0.15, -0.1) is 0 Å². The zero-order valence-electron chi connectivity index (χ0n) is 12.4. The lowest BCUT2D eigenvalue weighted by molar-refractivity contribution is -0.140. The third-order valence-corrected chi connectivity index (χ3v) is 6.77. The zero-order chi connectivity index (χ0) is 16.3. The average molecular weight is 337 g/mol. The predicted octanol–water partition coefficient (Wildman–Crippen LogP) is 2.19. The summed E-state index contributed by atoms with van der Waals surface area (Å²) < 4.78 is 56.7. The Morgan fingerprint density at radius 3 is 1.95 bits per heavy atom. The van der Waals surface area contributed by atoms with Crippen LogP contribution in [0.4, 0.5) is 8.78 Å². The van der Waals surface area contributed by atoms with Gasteiger partial charge in [0.1, 0.15) is 0 Å². The van der Waals surface area contributed by atoms with Crippen LogP contribution in [0.15, 0.2) is 0 Å². The minimum absolute atomic E-state index is 0.209. The van der Waals surface area contributed by atoms with E-state index in [0.717, 1.165) is 19.3 Å². The predicted molar refractivity (Wildman–Crippen MR) is 74.7 cm³/mol. The average Bonchev–Trinajstić information content (AvgIpc) is 2.35. The molecule has 0 saturated heterocycles. The quantitative estimate of drug-likeness (QED) is 0.770. The Labute approximate surface area is 128 Å². The summed E-state index contributed by atoms with van der Waals surface area (Å²) >= 11 is 0. The summed E-state index contributed by atoms with van der Waals surface area (Å²) in [5.41, 5.74) is -0.209. The Morgan fingerprint density at radius 2 is 1.59 bits per heavy atom. The van der Waals surface area contributed by atoms with E-state index < -0.39 is 27.3 Å². The van der Waals surface area contributed by atoms with Crippen molar-refractivity contribution in [1.29, 1.82) is 0 Å². The second-order valence-electron chi connectivity index (χ2n) is 7.47. The number of carbonyl (C=O) groups is 1. The third kappa shape index (κ3) is 2.44. The van der Waals surface area contributed by atoms with Crippen LogP contribution in [0, 0.1) is 23.2 Å². The molecule has 0 aliphatic heterocycles. The van der Waals surface area contributed by atoms with Crippen LogP contribution >= 0.6 is 0 Å². The van der Waals surface area contributed by atoms with Crippen molar-refractivity contribution in [1.82, 2.24) is 5.32 Å². The van der Waals surface area contributed by atoms with Crippen molar-refractivity contribution in [2.45, 2.75) is 56.7 Å². The SMILES string of the molecule is CC(NC(=O)C(F)(F)S(=O)(=O)O)C12CC3CC(CC(C3)C1)C2. The standard InChI is InChI=1S/C14H21F2NO4S/c1-8(17-12(18)14(15,16)22(19,20)21)13-5-9-2-10(6-13)4-11(3-9)7-13/h8-11H,2-7H2,1H3,(H,17,18)(H,19,20,21). The van der Waals surface area contributed by atoms with Crippen LogP contribution in [0.2, 0.25) is 0 Å². The van der Waals surface area contributed by atoms with E-state index in [9.17, 15) is 22.0 Å². The van der Waals surface area contributed by atoms with Crippen molar-refractivity contribution in [3.8, 4) is 0 Å². The lowest BCUT2D eigenvalue weighted by atomic mass is 9.48. The number of carbonyl (C=O) groups excluding carboxylic acids is 1. The van der Waals surface area contributed by atoms with Crippen molar-refractivity contribution in [3.63, 3.8) is 0 Å². The highest BCUT2D eigenvalue weighted by Gasteiger charge is 2.56. The van der Waals surface area contributed by atoms with Gasteiger partial charge in [0.25, 0.3) is 0 Å². The van der Waals surface area contributed by atoms with Crippen LogP contribution in [0.1, 0.15) is 45.4 Å². The van der Waals surface area contributed by atoms with Crippen LogP contribution in [-0.4, -0.2) is 30.2 Å². The van der Waals surface area contributed by atoms with Crippen LogP contribution in [0.3, 0.4) is 0 Å². The number of hydrogen-bond acceptors (Lipinski definition) is 3. The summed E-state index contributed by atoms with van der Waals surface area (Å²) in [5.74, 6) is -0.161. The van der Waals surface area contributed by atoms with E-state index in [1.165, 1.54) is 19.3 Å². The van der Waals surface area contributed by atoms with Gasteiger partial charge in [0, 0.05) is 6.04 Å². The summed E-state index contributed by atoms with van der Waals surface area (Å²) in [6.45, 7) is 1.67. The number of hydrogen-bond donors (Lipinski definition) is 2. The number of halogens is 2. The van der Waals surface area contributed by atoms with Gasteiger partial charge in [0.2, 0.25) is 0 Å². The fourth-order valence-corrected chi connectivity index (χ4v) is 5.55. The van der Waals surface area contributed by atoms with Gasteiger partial charge in [-0.25, -0.2) is 0 Å². The van der Waals surface area contributed by atoms with Crippen molar-refractivity contribution < 1.29 is 26.5 Å². The summed E-state index contributed by atoms with van der Waals surface area (Å²) in [6, 6.07) is -0.527. The molecule has 4 bridgehead atoms. The highest BCUT2D eigenvalue weighted by atomic mass is 32.2. The van der Waals surface area contributed by atoms with Crippen molar-refractivity contribution in [2.75, 3.05) is 0 Å². The summed E-state index contributed by atoms with van der Waals surface area (Å²) in [6.07, 6.45) is 6.25. The first kappa shape index (κ1) is 16.1. The largest absolute Gasteiger partial charge is 0.446 e. The van der Waals surface area contributed by atoms with E-state index in [-0.39, 0.29) is 5.41 Å². The van der Waals surface area contributed by atoms with Crippen LogP contribution in [0.25, 0.3) is 0 Å². The molecule has 22 heavy (non-hydrogen) atoms. The molecule has 4 aliphatic carbocycles. The van der Waals surface area contributed by atoms with Gasteiger partial charge in [0.05, 0.1) is 0 Å². The van der Waals surface area contributed by atoms with E-state index in [1.54, 1.807) is 6.92 Å². The van der Waals surface area contributed by atoms with Gasteiger partial charge < -0.3 is 5.32 Å². The zero-order valence-corrected chi connectivity index (χ0v) is 13.2. The van der Waals surface area contributed by atoms with Gasteiger partial charge in [-0.1, -0.05) is 0 Å². The lowest BCUT2D eigenvalue weighted by Crippen LogP contribution is -2.58. The molecule has 0 spiro atoms. The number of amides is 1. The fraction of sp³-hybridized carbons (Fsp3) is 0.929. The molecule has 4 rings (SSSR count). The summed E-state index contributed by atoms with van der Waals surface area (Å²) in [7, 11) is -5.75. The van der Waals surface area contributed by atoms with Crippen LogP contribution in [0.5, 0.6) is 0 Å². The molecule has 126 valence electrons. The second-order valence-corrected chi connectivity index (χ2v) is 8.93. The van der Waals surface area contributed by atoms with E-state index in [0.29, 0.717) is 17.8 Å². The molecule has 0 aromatic rings. The van der Waals surface area contributed by atoms with E-state index in [1.807, 2.05) is 0 Å². The molecule has 8 heteroatoms. The van der Waals surface area contributed by atoms with E-state index in [4.69, 9.17) is 4.55 Å². The Morgan fingerprint density at radius 1 is 1.18 bits per heavy atom. The minimum Gasteiger partial charge on any atom is -0.347 e. The van der Waals surface area contributed by atoms with Crippen molar-refractivity contribution >= 4 is 16.0 Å². The molecular weight excluding hydrogens is 316 g/mol. The number of alkyl halides is 2. The molecular formula is C14H21F2NO4S. The first-order valence-electron chi connectivity index (χ1n) is 7.69. The molecule has 0 heterocycles. The topological polar surface area (TPSA) is 83.5 Å². The van der Waals surface area contributed by atoms with Gasteiger partial charge in [-0.3, -0.25) is 9.35 Å². The second kappa shape index (κ2) is 4.87. The molecule has 0 aromatic heterocycles. The van der Waals surface area contributed by atoms with Crippen LogP contribution in [-0.2, 0) is 14.9 Å².